The normalized spacial score (nSPS) is 26.2. The number of fused-ring (bicyclic) bond motifs is 3. The summed E-state index contributed by atoms with van der Waals surface area (Å²) in [5, 5.41) is 4.33. The van der Waals surface area contributed by atoms with E-state index >= 15 is 0 Å². The summed E-state index contributed by atoms with van der Waals surface area (Å²) in [5.41, 5.74) is 3.87. The van der Waals surface area contributed by atoms with Gasteiger partial charge in [-0.15, -0.1) is 0 Å². The van der Waals surface area contributed by atoms with Crippen LogP contribution in [0.4, 0.5) is 0 Å². The SMILES string of the molecule is CNC1c2c(Cl)cc3c(c2CSCC1C)OCC3. The summed E-state index contributed by atoms with van der Waals surface area (Å²) >= 11 is 8.51. The number of nitrogens with one attached hydrogen (secondary N) is 1. The van der Waals surface area contributed by atoms with Crippen LogP contribution in [0, 0.1) is 5.92 Å². The Balaban J connectivity index is 2.19. The molecule has 1 aromatic rings. The van der Waals surface area contributed by atoms with E-state index < -0.39 is 0 Å². The minimum atomic E-state index is 0.331. The van der Waals surface area contributed by atoms with Crippen molar-refractivity contribution in [2.24, 2.45) is 5.92 Å². The average molecular weight is 284 g/mol. The molecule has 2 nitrogen and oxygen atoms in total. The molecule has 2 unspecified atom stereocenters. The number of thioether (sulfide) groups is 1. The number of rotatable bonds is 1. The first-order valence-corrected chi connectivity index (χ1v) is 7.97. The Morgan fingerprint density at radius 2 is 2.33 bits per heavy atom. The number of hydrogen-bond acceptors (Lipinski definition) is 3. The third kappa shape index (κ3) is 1.93. The van der Waals surface area contributed by atoms with E-state index in [-0.39, 0.29) is 0 Å². The predicted octanol–water partition coefficient (Wildman–Crippen LogP) is 3.42. The average Bonchev–Trinajstić information content (AvgIpc) is 2.73. The van der Waals surface area contributed by atoms with Crippen molar-refractivity contribution < 1.29 is 4.74 Å². The van der Waals surface area contributed by atoms with Gasteiger partial charge in [-0.05, 0) is 35.9 Å². The van der Waals surface area contributed by atoms with E-state index in [0.29, 0.717) is 12.0 Å². The maximum absolute atomic E-state index is 6.53. The minimum Gasteiger partial charge on any atom is -0.493 e. The number of hydrogen-bond donors (Lipinski definition) is 1. The van der Waals surface area contributed by atoms with Gasteiger partial charge < -0.3 is 10.1 Å². The molecule has 0 bridgehead atoms. The molecule has 0 fully saturated rings. The summed E-state index contributed by atoms with van der Waals surface area (Å²) < 4.78 is 5.84. The van der Waals surface area contributed by atoms with Crippen molar-refractivity contribution in [1.82, 2.24) is 5.32 Å². The predicted molar refractivity (Wildman–Crippen MR) is 77.8 cm³/mol. The zero-order valence-corrected chi connectivity index (χ0v) is 12.3. The maximum atomic E-state index is 6.53. The van der Waals surface area contributed by atoms with Gasteiger partial charge in [-0.25, -0.2) is 0 Å². The Hall–Kier alpha value is -0.380. The van der Waals surface area contributed by atoms with E-state index in [1.54, 1.807) is 0 Å². The van der Waals surface area contributed by atoms with Gasteiger partial charge in [0.05, 0.1) is 6.61 Å². The third-order valence-electron chi connectivity index (χ3n) is 3.89. The van der Waals surface area contributed by atoms with Crippen LogP contribution >= 0.6 is 23.4 Å². The van der Waals surface area contributed by atoms with Gasteiger partial charge in [0.25, 0.3) is 0 Å². The first-order chi connectivity index (χ1) is 8.72. The second-order valence-electron chi connectivity index (χ2n) is 5.10. The van der Waals surface area contributed by atoms with Crippen molar-refractivity contribution in [2.45, 2.75) is 25.1 Å². The lowest BCUT2D eigenvalue weighted by Crippen LogP contribution is -2.25. The van der Waals surface area contributed by atoms with Crippen LogP contribution in [-0.2, 0) is 12.2 Å². The van der Waals surface area contributed by atoms with Crippen molar-refractivity contribution in [3.63, 3.8) is 0 Å². The molecule has 2 aliphatic rings. The van der Waals surface area contributed by atoms with E-state index in [1.807, 2.05) is 18.8 Å². The van der Waals surface area contributed by atoms with Crippen molar-refractivity contribution in [2.75, 3.05) is 19.4 Å². The molecule has 0 aromatic heterocycles. The molecule has 2 aliphatic heterocycles. The monoisotopic (exact) mass is 283 g/mol. The second-order valence-corrected chi connectivity index (χ2v) is 6.53. The lowest BCUT2D eigenvalue weighted by Gasteiger charge is -2.24. The smallest absolute Gasteiger partial charge is 0.127 e. The van der Waals surface area contributed by atoms with Crippen LogP contribution in [0.3, 0.4) is 0 Å². The number of ether oxygens (including phenoxy) is 1. The van der Waals surface area contributed by atoms with Gasteiger partial charge in [-0.3, -0.25) is 0 Å². The van der Waals surface area contributed by atoms with E-state index in [9.17, 15) is 0 Å². The van der Waals surface area contributed by atoms with Crippen LogP contribution in [0.15, 0.2) is 6.07 Å². The van der Waals surface area contributed by atoms with Gasteiger partial charge in [-0.1, -0.05) is 18.5 Å². The molecule has 2 atom stereocenters. The second kappa shape index (κ2) is 4.95. The lowest BCUT2D eigenvalue weighted by atomic mass is 9.91. The van der Waals surface area contributed by atoms with E-state index in [1.165, 1.54) is 16.7 Å². The molecule has 0 aliphatic carbocycles. The fourth-order valence-corrected chi connectivity index (χ4v) is 4.56. The molecule has 1 N–H and O–H groups in total. The zero-order valence-electron chi connectivity index (χ0n) is 10.8. The van der Waals surface area contributed by atoms with Crippen molar-refractivity contribution in [1.29, 1.82) is 0 Å². The van der Waals surface area contributed by atoms with Crippen LogP contribution in [0.2, 0.25) is 5.02 Å². The van der Waals surface area contributed by atoms with E-state index in [4.69, 9.17) is 16.3 Å². The quantitative estimate of drug-likeness (QED) is 0.853. The number of halogens is 1. The van der Waals surface area contributed by atoms with Gasteiger partial charge in [0.2, 0.25) is 0 Å². The molecule has 2 heterocycles. The lowest BCUT2D eigenvalue weighted by molar-refractivity contribution is 0.353. The summed E-state index contributed by atoms with van der Waals surface area (Å²) in [6, 6.07) is 2.44. The van der Waals surface area contributed by atoms with Gasteiger partial charge >= 0.3 is 0 Å². The summed E-state index contributed by atoms with van der Waals surface area (Å²) in [7, 11) is 2.02. The Morgan fingerprint density at radius 1 is 1.50 bits per heavy atom. The highest BCUT2D eigenvalue weighted by Gasteiger charge is 2.31. The first-order valence-electron chi connectivity index (χ1n) is 6.44. The Bertz CT molecular complexity index is 477. The van der Waals surface area contributed by atoms with Gasteiger partial charge in [0.15, 0.2) is 0 Å². The molecule has 0 saturated heterocycles. The summed E-state index contributed by atoms with van der Waals surface area (Å²) in [6.45, 7) is 3.08. The minimum absolute atomic E-state index is 0.331. The highest BCUT2D eigenvalue weighted by atomic mass is 35.5. The van der Waals surface area contributed by atoms with Crippen LogP contribution < -0.4 is 10.1 Å². The summed E-state index contributed by atoms with van der Waals surface area (Å²) in [6.07, 6.45) is 0.993. The fraction of sp³-hybridized carbons (Fsp3) is 0.571. The summed E-state index contributed by atoms with van der Waals surface area (Å²) in [5.74, 6) is 3.86. The van der Waals surface area contributed by atoms with Crippen molar-refractivity contribution >= 4 is 23.4 Å². The molecular weight excluding hydrogens is 266 g/mol. The molecule has 4 heteroatoms. The van der Waals surface area contributed by atoms with Crippen LogP contribution in [0.5, 0.6) is 5.75 Å². The molecule has 1 aromatic carbocycles. The molecule has 0 radical (unpaired) electrons. The highest BCUT2D eigenvalue weighted by molar-refractivity contribution is 7.98. The van der Waals surface area contributed by atoms with Gasteiger partial charge in [-0.2, -0.15) is 11.8 Å². The number of benzene rings is 1. The Morgan fingerprint density at radius 3 is 3.11 bits per heavy atom. The van der Waals surface area contributed by atoms with Crippen molar-refractivity contribution in [3.05, 3.63) is 27.8 Å². The topological polar surface area (TPSA) is 21.3 Å². The van der Waals surface area contributed by atoms with E-state index in [0.717, 1.165) is 35.3 Å². The van der Waals surface area contributed by atoms with Gasteiger partial charge in [0.1, 0.15) is 5.75 Å². The highest BCUT2D eigenvalue weighted by Crippen LogP contribution is 2.45. The molecule has 98 valence electrons. The third-order valence-corrected chi connectivity index (χ3v) is 5.45. The Labute approximate surface area is 117 Å². The molecule has 0 saturated carbocycles. The molecule has 0 amide bonds. The maximum Gasteiger partial charge on any atom is 0.127 e. The molecule has 0 spiro atoms. The standard InChI is InChI=1S/C14H18ClNOS/c1-8-6-18-7-10-12(13(8)16-2)11(15)5-9-3-4-17-14(9)10/h5,8,13,16H,3-4,6-7H2,1-2H3. The molecule has 3 rings (SSSR count). The van der Waals surface area contributed by atoms with Crippen molar-refractivity contribution in [3.8, 4) is 5.75 Å². The summed E-state index contributed by atoms with van der Waals surface area (Å²) in [4.78, 5) is 0. The van der Waals surface area contributed by atoms with Crippen LogP contribution in [-0.4, -0.2) is 19.4 Å². The largest absolute Gasteiger partial charge is 0.493 e. The molecule has 18 heavy (non-hydrogen) atoms. The Kier molecular flexibility index (Phi) is 3.48. The first kappa shape index (κ1) is 12.6. The van der Waals surface area contributed by atoms with Gasteiger partial charge in [0, 0.05) is 28.8 Å². The van der Waals surface area contributed by atoms with Crippen LogP contribution in [0.25, 0.3) is 0 Å². The molecular formula is C14H18ClNOS. The van der Waals surface area contributed by atoms with Crippen LogP contribution in [0.1, 0.15) is 29.7 Å². The van der Waals surface area contributed by atoms with E-state index in [2.05, 4.69) is 18.3 Å². The zero-order chi connectivity index (χ0) is 12.7. The fourth-order valence-electron chi connectivity index (χ4n) is 3.02.